The van der Waals surface area contributed by atoms with Gasteiger partial charge in [0.15, 0.2) is 0 Å². The van der Waals surface area contributed by atoms with Gasteiger partial charge in [-0.1, -0.05) is 61.7 Å². The van der Waals surface area contributed by atoms with Gasteiger partial charge in [0.1, 0.15) is 0 Å². The third-order valence-corrected chi connectivity index (χ3v) is 3.31. The molecule has 19 heavy (non-hydrogen) atoms. The Morgan fingerprint density at radius 2 is 1.79 bits per heavy atom. The average molecular weight is 245 g/mol. The normalized spacial score (nSPS) is 11.4. The fourth-order valence-electron chi connectivity index (χ4n) is 2.33. The molecule has 1 N–H and O–H groups in total. The van der Waals surface area contributed by atoms with Crippen LogP contribution in [0.5, 0.6) is 0 Å². The Morgan fingerprint density at radius 1 is 1.00 bits per heavy atom. The van der Waals surface area contributed by atoms with E-state index in [1.165, 1.54) is 16.3 Å². The van der Waals surface area contributed by atoms with Crippen LogP contribution >= 0.6 is 0 Å². The molecule has 0 aliphatic rings. The maximum Gasteiger partial charge on any atom is 0.0471 e. The van der Waals surface area contributed by atoms with E-state index >= 15 is 0 Å². The number of fused-ring (bicyclic) bond motifs is 3. The maximum atomic E-state index is 4.07. The van der Waals surface area contributed by atoms with Gasteiger partial charge in [-0.25, -0.2) is 0 Å². The second kappa shape index (κ2) is 4.62. The van der Waals surface area contributed by atoms with Crippen LogP contribution in [0, 0.1) is 0 Å². The number of aromatic amines is 1. The SMILES string of the molecule is C=C/C=C\C(=C)c1ccc2c(c1)[nH]c1ccccc12. The van der Waals surface area contributed by atoms with Crippen molar-refractivity contribution in [2.75, 3.05) is 0 Å². The van der Waals surface area contributed by atoms with E-state index in [1.54, 1.807) is 6.08 Å². The highest BCUT2D eigenvalue weighted by molar-refractivity contribution is 6.07. The lowest BCUT2D eigenvalue weighted by Crippen LogP contribution is -1.79. The van der Waals surface area contributed by atoms with Crippen molar-refractivity contribution in [2.24, 2.45) is 0 Å². The molecule has 0 saturated heterocycles. The molecule has 3 aromatic rings. The molecule has 0 spiro atoms. The number of allylic oxidation sites excluding steroid dienone is 4. The summed E-state index contributed by atoms with van der Waals surface area (Å²) in [6.07, 6.45) is 5.63. The van der Waals surface area contributed by atoms with E-state index in [0.29, 0.717) is 0 Å². The van der Waals surface area contributed by atoms with Gasteiger partial charge in [0, 0.05) is 21.8 Å². The molecule has 0 aliphatic carbocycles. The van der Waals surface area contributed by atoms with Crippen LogP contribution in [0.15, 0.2) is 73.9 Å². The number of rotatable bonds is 3. The molecule has 0 aliphatic heterocycles. The van der Waals surface area contributed by atoms with Crippen LogP contribution in [-0.4, -0.2) is 4.98 Å². The van der Waals surface area contributed by atoms with Crippen LogP contribution in [0.2, 0.25) is 0 Å². The summed E-state index contributed by atoms with van der Waals surface area (Å²) in [5.41, 5.74) is 4.42. The Labute approximate surface area is 112 Å². The zero-order valence-corrected chi connectivity index (χ0v) is 10.7. The van der Waals surface area contributed by atoms with Gasteiger partial charge in [0.2, 0.25) is 0 Å². The van der Waals surface area contributed by atoms with Crippen LogP contribution in [0.4, 0.5) is 0 Å². The Kier molecular flexibility index (Phi) is 2.81. The Morgan fingerprint density at radius 3 is 2.63 bits per heavy atom. The van der Waals surface area contributed by atoms with Crippen LogP contribution in [0.25, 0.3) is 27.4 Å². The molecule has 92 valence electrons. The van der Waals surface area contributed by atoms with E-state index < -0.39 is 0 Å². The third-order valence-electron chi connectivity index (χ3n) is 3.31. The lowest BCUT2D eigenvalue weighted by molar-refractivity contribution is 1.53. The number of aromatic nitrogens is 1. The van der Waals surface area contributed by atoms with Crippen molar-refractivity contribution < 1.29 is 0 Å². The van der Waals surface area contributed by atoms with Crippen molar-refractivity contribution in [1.82, 2.24) is 4.98 Å². The fraction of sp³-hybridized carbons (Fsp3) is 0. The molecular weight excluding hydrogens is 230 g/mol. The first-order valence-corrected chi connectivity index (χ1v) is 6.28. The molecule has 0 radical (unpaired) electrons. The molecule has 0 atom stereocenters. The van der Waals surface area contributed by atoms with E-state index in [0.717, 1.165) is 16.7 Å². The number of H-pyrrole nitrogens is 1. The Hall–Kier alpha value is -2.54. The third kappa shape index (κ3) is 2.00. The molecule has 0 amide bonds. The average Bonchev–Trinajstić information content (AvgIpc) is 2.82. The molecule has 0 saturated carbocycles. The highest BCUT2D eigenvalue weighted by atomic mass is 14.7. The summed E-state index contributed by atoms with van der Waals surface area (Å²) in [6, 6.07) is 14.8. The molecule has 1 aromatic heterocycles. The van der Waals surface area contributed by atoms with E-state index in [1.807, 2.05) is 18.2 Å². The van der Waals surface area contributed by atoms with E-state index in [-0.39, 0.29) is 0 Å². The van der Waals surface area contributed by atoms with E-state index in [9.17, 15) is 0 Å². The van der Waals surface area contributed by atoms with Gasteiger partial charge < -0.3 is 4.98 Å². The van der Waals surface area contributed by atoms with Gasteiger partial charge in [0.05, 0.1) is 0 Å². The Bertz CT molecular complexity index is 803. The van der Waals surface area contributed by atoms with Gasteiger partial charge in [-0.15, -0.1) is 0 Å². The summed E-state index contributed by atoms with van der Waals surface area (Å²) in [7, 11) is 0. The molecule has 1 heteroatoms. The molecule has 3 rings (SSSR count). The summed E-state index contributed by atoms with van der Waals surface area (Å²) in [5.74, 6) is 0. The summed E-state index contributed by atoms with van der Waals surface area (Å²) in [5, 5.41) is 2.51. The second-order valence-corrected chi connectivity index (χ2v) is 4.55. The first-order chi connectivity index (χ1) is 9.29. The number of hydrogen-bond acceptors (Lipinski definition) is 0. The zero-order valence-electron chi connectivity index (χ0n) is 10.7. The molecular formula is C18H15N. The van der Waals surface area contributed by atoms with Crippen LogP contribution < -0.4 is 0 Å². The smallest absolute Gasteiger partial charge is 0.0471 e. The second-order valence-electron chi connectivity index (χ2n) is 4.55. The fourth-order valence-corrected chi connectivity index (χ4v) is 2.33. The predicted octanol–water partition coefficient (Wildman–Crippen LogP) is 5.08. The number of nitrogens with one attached hydrogen (secondary N) is 1. The van der Waals surface area contributed by atoms with Gasteiger partial charge in [-0.2, -0.15) is 0 Å². The van der Waals surface area contributed by atoms with E-state index in [4.69, 9.17) is 0 Å². The van der Waals surface area contributed by atoms with Gasteiger partial charge in [-0.05, 0) is 23.3 Å². The lowest BCUT2D eigenvalue weighted by Gasteiger charge is -2.00. The minimum absolute atomic E-state index is 0.987. The molecule has 1 nitrogen and oxygen atoms in total. The lowest BCUT2D eigenvalue weighted by atomic mass is 10.0. The van der Waals surface area contributed by atoms with Crippen LogP contribution in [0.3, 0.4) is 0 Å². The van der Waals surface area contributed by atoms with Crippen LogP contribution in [0.1, 0.15) is 5.56 Å². The van der Waals surface area contributed by atoms with Gasteiger partial charge in [-0.3, -0.25) is 0 Å². The molecule has 2 aromatic carbocycles. The minimum Gasteiger partial charge on any atom is -0.354 e. The highest BCUT2D eigenvalue weighted by Crippen LogP contribution is 2.27. The maximum absolute atomic E-state index is 4.07. The summed E-state index contributed by atoms with van der Waals surface area (Å²) in [6.45, 7) is 7.75. The monoisotopic (exact) mass is 245 g/mol. The quantitative estimate of drug-likeness (QED) is 0.619. The first-order valence-electron chi connectivity index (χ1n) is 6.28. The van der Waals surface area contributed by atoms with Gasteiger partial charge >= 0.3 is 0 Å². The first kappa shape index (κ1) is 11.5. The topological polar surface area (TPSA) is 15.8 Å². The molecule has 0 unspecified atom stereocenters. The van der Waals surface area contributed by atoms with Crippen molar-refractivity contribution in [1.29, 1.82) is 0 Å². The molecule has 0 bridgehead atoms. The predicted molar refractivity (Wildman–Crippen MR) is 84.2 cm³/mol. The van der Waals surface area contributed by atoms with Crippen molar-refractivity contribution >= 4 is 27.4 Å². The minimum atomic E-state index is 0.987. The molecule has 0 fully saturated rings. The standard InChI is InChI=1S/C18H15N/c1-3-4-7-13(2)14-10-11-16-15-8-5-6-9-17(15)19-18(16)12-14/h3-12,19H,1-2H2/b7-4-. The summed E-state index contributed by atoms with van der Waals surface area (Å²) in [4.78, 5) is 3.44. The van der Waals surface area contributed by atoms with E-state index in [2.05, 4.69) is 54.5 Å². The van der Waals surface area contributed by atoms with Crippen molar-refractivity contribution in [3.05, 3.63) is 79.4 Å². The number of benzene rings is 2. The van der Waals surface area contributed by atoms with Crippen molar-refractivity contribution in [3.63, 3.8) is 0 Å². The van der Waals surface area contributed by atoms with Gasteiger partial charge in [0.25, 0.3) is 0 Å². The Balaban J connectivity index is 2.16. The summed E-state index contributed by atoms with van der Waals surface area (Å²) < 4.78 is 0. The largest absolute Gasteiger partial charge is 0.354 e. The van der Waals surface area contributed by atoms with Crippen LogP contribution in [-0.2, 0) is 0 Å². The number of hydrogen-bond donors (Lipinski definition) is 1. The van der Waals surface area contributed by atoms with Crippen molar-refractivity contribution in [2.45, 2.75) is 0 Å². The number of para-hydroxylation sites is 1. The highest BCUT2D eigenvalue weighted by Gasteiger charge is 2.04. The zero-order chi connectivity index (χ0) is 13.2. The van der Waals surface area contributed by atoms with Crippen molar-refractivity contribution in [3.8, 4) is 0 Å². The summed E-state index contributed by atoms with van der Waals surface area (Å²) >= 11 is 0. The molecule has 1 heterocycles.